The topological polar surface area (TPSA) is 110 Å². The Bertz CT molecular complexity index is 1440. The van der Waals surface area contributed by atoms with Crippen LogP contribution in [0.5, 0.6) is 11.5 Å². The number of thioether (sulfide) groups is 1. The highest BCUT2D eigenvalue weighted by Crippen LogP contribution is 2.33. The number of ether oxygens (including phenoxy) is 2. The second kappa shape index (κ2) is 15.1. The van der Waals surface area contributed by atoms with E-state index in [0.29, 0.717) is 46.7 Å². The normalized spacial score (nSPS) is 19.9. The van der Waals surface area contributed by atoms with Gasteiger partial charge in [-0.1, -0.05) is 32.5 Å². The number of nitrogens with one attached hydrogen (secondary N) is 2. The van der Waals surface area contributed by atoms with E-state index in [1.807, 2.05) is 20.8 Å². The monoisotopic (exact) mass is 651 g/mol. The number of likely N-dealkylation sites (tertiary alicyclic amines) is 2. The Morgan fingerprint density at radius 1 is 1.11 bits per heavy atom. The number of halogens is 1. The van der Waals surface area contributed by atoms with E-state index in [1.54, 1.807) is 41.1 Å². The molecule has 9 nitrogen and oxygen atoms in total. The highest BCUT2D eigenvalue weighted by Gasteiger charge is 2.32. The van der Waals surface area contributed by atoms with Crippen LogP contribution in [-0.2, 0) is 16.1 Å². The Labute approximate surface area is 275 Å². The van der Waals surface area contributed by atoms with Crippen molar-refractivity contribution in [2.24, 2.45) is 11.8 Å². The number of benzene rings is 2. The minimum Gasteiger partial charge on any atom is -0.457 e. The molecule has 3 aliphatic rings. The zero-order valence-corrected chi connectivity index (χ0v) is 28.1. The number of piperidine rings is 1. The smallest absolute Gasteiger partial charge is 0.256 e. The highest BCUT2D eigenvalue weighted by molar-refractivity contribution is 8.26. The lowest BCUT2D eigenvalue weighted by molar-refractivity contribution is -0.128. The lowest BCUT2D eigenvalue weighted by atomic mass is 9.98. The van der Waals surface area contributed by atoms with Crippen molar-refractivity contribution in [2.45, 2.75) is 71.5 Å². The summed E-state index contributed by atoms with van der Waals surface area (Å²) in [5, 5.41) is 17.1. The first-order valence-electron chi connectivity index (χ1n) is 16.3. The van der Waals surface area contributed by atoms with Gasteiger partial charge in [-0.25, -0.2) is 4.39 Å². The third-order valence-corrected chi connectivity index (χ3v) is 10.4. The van der Waals surface area contributed by atoms with Crippen LogP contribution in [0.3, 0.4) is 0 Å². The predicted molar refractivity (Wildman–Crippen MR) is 180 cm³/mol. The zero-order chi connectivity index (χ0) is 33.0. The maximum atomic E-state index is 15.7. The number of rotatable bonds is 9. The molecule has 3 heterocycles. The van der Waals surface area contributed by atoms with Gasteiger partial charge in [0.05, 0.1) is 10.6 Å². The van der Waals surface area contributed by atoms with E-state index < -0.39 is 11.7 Å². The van der Waals surface area contributed by atoms with Gasteiger partial charge in [0.1, 0.15) is 22.4 Å². The van der Waals surface area contributed by atoms with Gasteiger partial charge in [-0.2, -0.15) is 0 Å². The van der Waals surface area contributed by atoms with Crippen molar-refractivity contribution in [3.8, 4) is 11.5 Å². The molecule has 0 bridgehead atoms. The average Bonchev–Trinajstić information content (AvgIpc) is 3.37. The molecule has 2 aromatic rings. The number of carbonyl (C=O) groups is 2. The quantitative estimate of drug-likeness (QED) is 0.240. The Balaban J connectivity index is 1.34. The summed E-state index contributed by atoms with van der Waals surface area (Å²) in [4.78, 5) is 32.2. The fraction of sp³-hybridized carbons (Fsp3) is 0.543. The van der Waals surface area contributed by atoms with E-state index in [-0.39, 0.29) is 40.9 Å². The largest absolute Gasteiger partial charge is 0.457 e. The summed E-state index contributed by atoms with van der Waals surface area (Å²) in [5.41, 5.74) is 1.08. The van der Waals surface area contributed by atoms with Crippen molar-refractivity contribution in [3.63, 3.8) is 0 Å². The van der Waals surface area contributed by atoms with Gasteiger partial charge in [0.15, 0.2) is 0 Å². The minimum atomic E-state index is -0.632. The summed E-state index contributed by atoms with van der Waals surface area (Å²) in [5.74, 6) is 0.0197. The molecule has 0 aromatic heterocycles. The highest BCUT2D eigenvalue weighted by atomic mass is 32.2. The van der Waals surface area contributed by atoms with E-state index in [2.05, 4.69) is 4.90 Å². The molecule has 46 heavy (non-hydrogen) atoms. The molecule has 2 N–H and O–H groups in total. The molecule has 2 amide bonds. The van der Waals surface area contributed by atoms with E-state index in [1.165, 1.54) is 12.1 Å². The molecule has 11 heteroatoms. The fourth-order valence-corrected chi connectivity index (χ4v) is 7.15. The van der Waals surface area contributed by atoms with Crippen LogP contribution in [0.1, 0.15) is 74.4 Å². The van der Waals surface area contributed by atoms with Crippen molar-refractivity contribution in [2.75, 3.05) is 39.9 Å². The summed E-state index contributed by atoms with van der Waals surface area (Å²) in [6.45, 7) is 10.0. The van der Waals surface area contributed by atoms with Crippen LogP contribution in [0, 0.1) is 28.5 Å². The van der Waals surface area contributed by atoms with Crippen molar-refractivity contribution < 1.29 is 23.5 Å². The SMILES string of the molecule is CC(C)C(=N)SC(=N)c1ccc(Oc2cc(C(=O)N(C)C3CCN(C4CCOCC4)CC3)c(F)cc2CN2C[C@@H](C)CC2=O)cc1. The fourth-order valence-electron chi connectivity index (χ4n) is 6.44. The molecule has 3 saturated heterocycles. The first kappa shape index (κ1) is 34.1. The summed E-state index contributed by atoms with van der Waals surface area (Å²) < 4.78 is 27.5. The van der Waals surface area contributed by atoms with E-state index >= 15 is 4.39 Å². The molecule has 0 spiro atoms. The van der Waals surface area contributed by atoms with Crippen LogP contribution in [0.15, 0.2) is 36.4 Å². The summed E-state index contributed by atoms with van der Waals surface area (Å²) >= 11 is 1.12. The Morgan fingerprint density at radius 3 is 2.39 bits per heavy atom. The molecule has 5 rings (SSSR count). The van der Waals surface area contributed by atoms with Crippen molar-refractivity contribution in [1.82, 2.24) is 14.7 Å². The number of hydrogen-bond donors (Lipinski definition) is 2. The van der Waals surface area contributed by atoms with Gasteiger partial charge in [-0.05, 0) is 68.0 Å². The van der Waals surface area contributed by atoms with Crippen LogP contribution in [-0.4, -0.2) is 88.6 Å². The molecule has 0 unspecified atom stereocenters. The van der Waals surface area contributed by atoms with E-state index in [4.69, 9.17) is 20.3 Å². The lowest BCUT2D eigenvalue weighted by Gasteiger charge is -2.41. The third-order valence-electron chi connectivity index (χ3n) is 9.30. The first-order chi connectivity index (χ1) is 22.0. The molecule has 0 radical (unpaired) electrons. The lowest BCUT2D eigenvalue weighted by Crippen LogP contribution is -2.49. The van der Waals surface area contributed by atoms with Gasteiger partial charge in [0.25, 0.3) is 5.91 Å². The summed E-state index contributed by atoms with van der Waals surface area (Å²) in [6.07, 6.45) is 4.18. The molecular weight excluding hydrogens is 605 g/mol. The molecule has 2 aromatic carbocycles. The van der Waals surface area contributed by atoms with Gasteiger partial charge < -0.3 is 24.2 Å². The van der Waals surface area contributed by atoms with E-state index in [0.717, 1.165) is 63.7 Å². The number of hydrogen-bond acceptors (Lipinski definition) is 8. The van der Waals surface area contributed by atoms with Crippen LogP contribution in [0.2, 0.25) is 0 Å². The number of carbonyl (C=O) groups excluding carboxylic acids is 2. The molecule has 0 saturated carbocycles. The summed E-state index contributed by atoms with van der Waals surface area (Å²) in [6, 6.07) is 10.3. The molecule has 0 aliphatic carbocycles. The number of nitrogens with zero attached hydrogens (tertiary/aromatic N) is 3. The van der Waals surface area contributed by atoms with Gasteiger partial charge in [0.2, 0.25) is 5.91 Å². The second-order valence-electron chi connectivity index (χ2n) is 13.1. The molecule has 3 fully saturated rings. The average molecular weight is 652 g/mol. The van der Waals surface area contributed by atoms with Crippen LogP contribution >= 0.6 is 11.8 Å². The molecular formula is C35H46FN5O4S. The first-order valence-corrected chi connectivity index (χ1v) is 17.1. The maximum Gasteiger partial charge on any atom is 0.256 e. The second-order valence-corrected chi connectivity index (χ2v) is 14.2. The van der Waals surface area contributed by atoms with Crippen molar-refractivity contribution in [3.05, 3.63) is 58.9 Å². The maximum absolute atomic E-state index is 15.7. The van der Waals surface area contributed by atoms with Crippen molar-refractivity contribution >= 4 is 33.7 Å². The molecule has 3 aliphatic heterocycles. The summed E-state index contributed by atoms with van der Waals surface area (Å²) in [7, 11) is 1.75. The predicted octanol–water partition coefficient (Wildman–Crippen LogP) is 6.39. The zero-order valence-electron chi connectivity index (χ0n) is 27.3. The Kier molecular flexibility index (Phi) is 11.2. The van der Waals surface area contributed by atoms with Gasteiger partial charge in [-0.15, -0.1) is 0 Å². The van der Waals surface area contributed by atoms with E-state index in [9.17, 15) is 9.59 Å². The molecule has 1 atom stereocenters. The number of amides is 2. The standard InChI is InChI=1S/C35H46FN5O4S/c1-22(2)33(37)46-34(38)24-5-7-28(8-6-24)45-31-19-29(30(36)18-25(31)21-41-20-23(3)17-32(41)42)35(43)39(4)26-9-13-40(14-10-26)27-11-15-44-16-12-27/h5-8,18-19,22-23,26-27,37-38H,9-17,20-21H2,1-4H3/t23-/m0/s1. The van der Waals surface area contributed by atoms with Gasteiger partial charge in [0, 0.05) is 82.0 Å². The molecule has 248 valence electrons. The van der Waals surface area contributed by atoms with Crippen LogP contribution < -0.4 is 4.74 Å². The Hall–Kier alpha value is -3.28. The Morgan fingerprint density at radius 2 is 1.78 bits per heavy atom. The van der Waals surface area contributed by atoms with Crippen LogP contribution in [0.4, 0.5) is 4.39 Å². The minimum absolute atomic E-state index is 0.00801. The van der Waals surface area contributed by atoms with Gasteiger partial charge in [-0.3, -0.25) is 20.4 Å². The van der Waals surface area contributed by atoms with Crippen molar-refractivity contribution in [1.29, 1.82) is 10.8 Å². The third kappa shape index (κ3) is 8.16. The van der Waals surface area contributed by atoms with Gasteiger partial charge >= 0.3 is 0 Å². The van der Waals surface area contributed by atoms with Crippen LogP contribution in [0.25, 0.3) is 0 Å².